The van der Waals surface area contributed by atoms with Gasteiger partial charge in [0.05, 0.1) is 6.04 Å². The van der Waals surface area contributed by atoms with Gasteiger partial charge in [0, 0.05) is 11.3 Å². The Morgan fingerprint density at radius 3 is 2.54 bits per heavy atom. The molecule has 0 radical (unpaired) electrons. The number of carbonyl (C=O) groups is 1. The molecular weight excluding hydrogens is 184 g/mol. The molecular formula is C9H14N2OS. The Morgan fingerprint density at radius 2 is 2.15 bits per heavy atom. The minimum absolute atomic E-state index is 0.00281. The van der Waals surface area contributed by atoms with E-state index in [9.17, 15) is 4.79 Å². The largest absolute Gasteiger partial charge is 0.322 e. The Balaban J connectivity index is 2.86. The van der Waals surface area contributed by atoms with Gasteiger partial charge in [0.1, 0.15) is 10.7 Å². The van der Waals surface area contributed by atoms with Gasteiger partial charge in [0.2, 0.25) is 0 Å². The Labute approximate surface area is 82.0 Å². The number of hydrogen-bond acceptors (Lipinski definition) is 4. The van der Waals surface area contributed by atoms with E-state index in [1.165, 1.54) is 11.3 Å². The van der Waals surface area contributed by atoms with Crippen LogP contribution in [0.2, 0.25) is 0 Å². The summed E-state index contributed by atoms with van der Waals surface area (Å²) in [7, 11) is 0. The van der Waals surface area contributed by atoms with Gasteiger partial charge in [-0.15, -0.1) is 11.3 Å². The Morgan fingerprint density at radius 1 is 1.54 bits per heavy atom. The molecule has 13 heavy (non-hydrogen) atoms. The van der Waals surface area contributed by atoms with Gasteiger partial charge >= 0.3 is 0 Å². The summed E-state index contributed by atoms with van der Waals surface area (Å²) in [6.07, 6.45) is 0. The third-order valence-electron chi connectivity index (χ3n) is 1.69. The van der Waals surface area contributed by atoms with Crippen molar-refractivity contribution in [1.29, 1.82) is 0 Å². The monoisotopic (exact) mass is 198 g/mol. The van der Waals surface area contributed by atoms with Crippen molar-refractivity contribution in [1.82, 2.24) is 4.98 Å². The molecule has 1 aromatic heterocycles. The van der Waals surface area contributed by atoms with Crippen molar-refractivity contribution in [3.63, 3.8) is 0 Å². The predicted octanol–water partition coefficient (Wildman–Crippen LogP) is 2.00. The molecule has 0 spiro atoms. The van der Waals surface area contributed by atoms with E-state index in [1.807, 2.05) is 20.8 Å². The van der Waals surface area contributed by atoms with E-state index in [4.69, 9.17) is 5.73 Å². The molecule has 2 N–H and O–H groups in total. The van der Waals surface area contributed by atoms with Crippen LogP contribution >= 0.6 is 11.3 Å². The van der Waals surface area contributed by atoms with E-state index in [1.54, 1.807) is 5.38 Å². The molecule has 0 aliphatic rings. The molecule has 1 unspecified atom stereocenters. The van der Waals surface area contributed by atoms with Crippen LogP contribution in [0.15, 0.2) is 5.38 Å². The summed E-state index contributed by atoms with van der Waals surface area (Å²) in [4.78, 5) is 15.7. The van der Waals surface area contributed by atoms with Crippen LogP contribution in [0.1, 0.15) is 42.3 Å². The van der Waals surface area contributed by atoms with Crippen molar-refractivity contribution < 1.29 is 4.79 Å². The van der Waals surface area contributed by atoms with E-state index in [2.05, 4.69) is 4.98 Å². The molecule has 1 atom stereocenters. The van der Waals surface area contributed by atoms with Crippen molar-refractivity contribution in [2.24, 2.45) is 11.7 Å². The molecule has 0 fully saturated rings. The Hall–Kier alpha value is -0.740. The standard InChI is InChI=1S/C9H14N2OS/c1-5(2)8(12)7-4-13-9(11-7)6(3)10/h4-6H,10H2,1-3H3. The van der Waals surface area contributed by atoms with Gasteiger partial charge in [-0.3, -0.25) is 4.79 Å². The highest BCUT2D eigenvalue weighted by molar-refractivity contribution is 7.09. The zero-order chi connectivity index (χ0) is 10.0. The maximum absolute atomic E-state index is 11.5. The van der Waals surface area contributed by atoms with Gasteiger partial charge in [-0.05, 0) is 6.92 Å². The van der Waals surface area contributed by atoms with Crippen LogP contribution in [0.5, 0.6) is 0 Å². The van der Waals surface area contributed by atoms with Gasteiger partial charge in [-0.25, -0.2) is 4.98 Å². The summed E-state index contributed by atoms with van der Waals surface area (Å²) in [5.41, 5.74) is 6.19. The third kappa shape index (κ3) is 2.35. The maximum atomic E-state index is 11.5. The fourth-order valence-electron chi connectivity index (χ4n) is 0.906. The van der Waals surface area contributed by atoms with Crippen LogP contribution in [0, 0.1) is 5.92 Å². The first-order valence-corrected chi connectivity index (χ1v) is 5.15. The fraction of sp³-hybridized carbons (Fsp3) is 0.556. The van der Waals surface area contributed by atoms with E-state index >= 15 is 0 Å². The smallest absolute Gasteiger partial charge is 0.184 e. The lowest BCUT2D eigenvalue weighted by atomic mass is 10.1. The highest BCUT2D eigenvalue weighted by atomic mass is 32.1. The predicted molar refractivity (Wildman–Crippen MR) is 53.9 cm³/mol. The highest BCUT2D eigenvalue weighted by Crippen LogP contribution is 2.17. The lowest BCUT2D eigenvalue weighted by Crippen LogP contribution is -2.09. The number of Topliss-reactive ketones (excluding diaryl/α,β-unsaturated/α-hetero) is 1. The van der Waals surface area contributed by atoms with Gasteiger partial charge in [0.15, 0.2) is 5.78 Å². The second-order valence-electron chi connectivity index (χ2n) is 3.38. The zero-order valence-electron chi connectivity index (χ0n) is 8.07. The molecule has 0 saturated heterocycles. The average Bonchev–Trinajstić information content (AvgIpc) is 2.50. The molecule has 3 nitrogen and oxygen atoms in total. The lowest BCUT2D eigenvalue weighted by Gasteiger charge is -1.99. The van der Waals surface area contributed by atoms with Crippen molar-refractivity contribution in [3.05, 3.63) is 16.1 Å². The summed E-state index contributed by atoms with van der Waals surface area (Å²) in [6.45, 7) is 5.60. The first kappa shape index (κ1) is 10.3. The zero-order valence-corrected chi connectivity index (χ0v) is 8.89. The van der Waals surface area contributed by atoms with Gasteiger partial charge in [0.25, 0.3) is 0 Å². The number of nitrogens with two attached hydrogens (primary N) is 1. The van der Waals surface area contributed by atoms with Crippen LogP contribution in [-0.4, -0.2) is 10.8 Å². The topological polar surface area (TPSA) is 56.0 Å². The fourth-order valence-corrected chi connectivity index (χ4v) is 1.67. The second-order valence-corrected chi connectivity index (χ2v) is 4.27. The summed E-state index contributed by atoms with van der Waals surface area (Å²) >= 11 is 1.45. The minimum Gasteiger partial charge on any atom is -0.322 e. The number of rotatable bonds is 3. The number of thiazole rings is 1. The minimum atomic E-state index is -0.0845. The molecule has 0 aromatic carbocycles. The molecule has 4 heteroatoms. The van der Waals surface area contributed by atoms with Crippen LogP contribution in [0.3, 0.4) is 0 Å². The highest BCUT2D eigenvalue weighted by Gasteiger charge is 2.15. The van der Waals surface area contributed by atoms with E-state index in [0.29, 0.717) is 5.69 Å². The average molecular weight is 198 g/mol. The number of aromatic nitrogens is 1. The van der Waals surface area contributed by atoms with Gasteiger partial charge in [-0.1, -0.05) is 13.8 Å². The maximum Gasteiger partial charge on any atom is 0.184 e. The molecule has 0 saturated carbocycles. The summed E-state index contributed by atoms with van der Waals surface area (Å²) < 4.78 is 0. The molecule has 0 bridgehead atoms. The van der Waals surface area contributed by atoms with Crippen molar-refractivity contribution >= 4 is 17.1 Å². The number of nitrogens with zero attached hydrogens (tertiary/aromatic N) is 1. The van der Waals surface area contributed by atoms with Crippen molar-refractivity contribution in [2.75, 3.05) is 0 Å². The van der Waals surface area contributed by atoms with Crippen LogP contribution in [0.4, 0.5) is 0 Å². The van der Waals surface area contributed by atoms with E-state index < -0.39 is 0 Å². The van der Waals surface area contributed by atoms with Gasteiger partial charge < -0.3 is 5.73 Å². The molecule has 0 aliphatic carbocycles. The molecule has 0 aliphatic heterocycles. The van der Waals surface area contributed by atoms with Crippen LogP contribution in [-0.2, 0) is 0 Å². The molecule has 1 heterocycles. The summed E-state index contributed by atoms with van der Waals surface area (Å²) in [6, 6.07) is -0.0845. The van der Waals surface area contributed by atoms with Crippen molar-refractivity contribution in [3.8, 4) is 0 Å². The number of carbonyl (C=O) groups excluding carboxylic acids is 1. The molecule has 0 amide bonds. The third-order valence-corrected chi connectivity index (χ3v) is 2.73. The lowest BCUT2D eigenvalue weighted by molar-refractivity contribution is 0.0935. The van der Waals surface area contributed by atoms with Crippen LogP contribution < -0.4 is 5.73 Å². The first-order chi connectivity index (χ1) is 6.02. The molecule has 72 valence electrons. The Bertz CT molecular complexity index is 304. The van der Waals surface area contributed by atoms with Crippen molar-refractivity contribution in [2.45, 2.75) is 26.8 Å². The van der Waals surface area contributed by atoms with Gasteiger partial charge in [-0.2, -0.15) is 0 Å². The Kier molecular flexibility index (Phi) is 3.17. The molecule has 1 aromatic rings. The SMILES string of the molecule is CC(C)C(=O)c1csc(C(C)N)n1. The van der Waals surface area contributed by atoms with E-state index in [-0.39, 0.29) is 17.7 Å². The second kappa shape index (κ2) is 3.98. The first-order valence-electron chi connectivity index (χ1n) is 4.27. The van der Waals surface area contributed by atoms with E-state index in [0.717, 1.165) is 5.01 Å². The summed E-state index contributed by atoms with van der Waals surface area (Å²) in [5, 5.41) is 2.60. The number of hydrogen-bond donors (Lipinski definition) is 1. The normalized spacial score (nSPS) is 13.3. The van der Waals surface area contributed by atoms with Crippen LogP contribution in [0.25, 0.3) is 0 Å². The molecule has 1 rings (SSSR count). The summed E-state index contributed by atoms with van der Waals surface area (Å²) in [5.74, 6) is 0.0891. The quantitative estimate of drug-likeness (QED) is 0.756. The number of ketones is 1.